The normalized spacial score (nSPS) is 18.9. The Hall–Kier alpha value is -0.260. The first-order valence-corrected chi connectivity index (χ1v) is 8.48. The summed E-state index contributed by atoms with van der Waals surface area (Å²) in [5, 5.41) is 1.06. The third kappa shape index (κ3) is 3.00. The number of benzene rings is 1. The van der Waals surface area contributed by atoms with E-state index in [0.29, 0.717) is 10.0 Å². The highest BCUT2D eigenvalue weighted by Crippen LogP contribution is 2.39. The summed E-state index contributed by atoms with van der Waals surface area (Å²) in [5.41, 5.74) is 1.32. The van der Waals surface area contributed by atoms with Crippen molar-refractivity contribution in [3.63, 3.8) is 0 Å². The largest absolute Gasteiger partial charge is 0.483 e. The van der Waals surface area contributed by atoms with E-state index in [0.717, 1.165) is 22.6 Å². The maximum Gasteiger partial charge on any atom is 0.146 e. The average Bonchev–Trinajstić information content (AvgIpc) is 2.74. The van der Waals surface area contributed by atoms with Gasteiger partial charge in [0.2, 0.25) is 0 Å². The van der Waals surface area contributed by atoms with Crippen molar-refractivity contribution in [2.24, 2.45) is 0 Å². The van der Waals surface area contributed by atoms with Crippen molar-refractivity contribution < 1.29 is 4.74 Å². The molecule has 3 rings (SSSR count). The van der Waals surface area contributed by atoms with Gasteiger partial charge in [-0.05, 0) is 46.7 Å². The molecule has 0 spiro atoms. The number of hydrogen-bond donors (Lipinski definition) is 0. The van der Waals surface area contributed by atoms with E-state index < -0.39 is 0 Å². The highest BCUT2D eigenvalue weighted by Gasteiger charge is 2.27. The van der Waals surface area contributed by atoms with E-state index in [9.17, 15) is 0 Å². The molecule has 1 aliphatic heterocycles. The van der Waals surface area contributed by atoms with E-state index in [1.807, 2.05) is 6.07 Å². The minimum Gasteiger partial charge on any atom is -0.483 e. The maximum atomic E-state index is 6.11. The van der Waals surface area contributed by atoms with Crippen LogP contribution in [0.25, 0.3) is 0 Å². The summed E-state index contributed by atoms with van der Waals surface area (Å²) in [6.07, 6.45) is 0.0253. The lowest BCUT2D eigenvalue weighted by Crippen LogP contribution is -2.31. The molecule has 0 saturated carbocycles. The Morgan fingerprint density at radius 3 is 2.85 bits per heavy atom. The molecule has 2 aromatic rings. The summed E-state index contributed by atoms with van der Waals surface area (Å²) < 4.78 is 7.25. The average molecular weight is 393 g/mol. The zero-order valence-electron chi connectivity index (χ0n) is 10.7. The molecule has 1 unspecified atom stereocenters. The molecule has 0 saturated heterocycles. The van der Waals surface area contributed by atoms with Crippen molar-refractivity contribution in [1.29, 1.82) is 0 Å². The van der Waals surface area contributed by atoms with Crippen molar-refractivity contribution in [1.82, 2.24) is 4.90 Å². The number of halogens is 3. The number of fused-ring (bicyclic) bond motifs is 1. The molecule has 0 radical (unpaired) electrons. The van der Waals surface area contributed by atoms with Crippen molar-refractivity contribution in [2.75, 3.05) is 13.6 Å². The number of nitrogens with zero attached hydrogens (tertiary/aromatic N) is 1. The summed E-state index contributed by atoms with van der Waals surface area (Å²) >= 11 is 17.3. The van der Waals surface area contributed by atoms with E-state index in [1.165, 1.54) is 10.4 Å². The molecule has 1 aromatic carbocycles. The Bertz CT molecular complexity index is 646. The van der Waals surface area contributed by atoms with Crippen LogP contribution in [-0.4, -0.2) is 18.5 Å². The summed E-state index contributed by atoms with van der Waals surface area (Å²) in [4.78, 5) is 3.53. The number of hydrogen-bond acceptors (Lipinski definition) is 3. The fraction of sp³-hybridized carbons (Fsp3) is 0.286. The van der Waals surface area contributed by atoms with Crippen LogP contribution in [0.2, 0.25) is 10.0 Å². The molecule has 1 aromatic heterocycles. The van der Waals surface area contributed by atoms with Crippen LogP contribution in [0.4, 0.5) is 0 Å². The molecule has 2 nitrogen and oxygen atoms in total. The van der Waals surface area contributed by atoms with Crippen LogP contribution < -0.4 is 4.74 Å². The molecule has 0 aliphatic carbocycles. The quantitative estimate of drug-likeness (QED) is 0.679. The third-order valence-electron chi connectivity index (χ3n) is 3.19. The van der Waals surface area contributed by atoms with Crippen LogP contribution >= 0.6 is 50.5 Å². The zero-order chi connectivity index (χ0) is 14.3. The van der Waals surface area contributed by atoms with Crippen molar-refractivity contribution >= 4 is 50.5 Å². The van der Waals surface area contributed by atoms with Gasteiger partial charge in [0.25, 0.3) is 0 Å². The lowest BCUT2D eigenvalue weighted by Gasteiger charge is -2.30. The first-order valence-electron chi connectivity index (χ1n) is 6.11. The molecule has 0 fully saturated rings. The first kappa shape index (κ1) is 14.7. The highest BCUT2D eigenvalue weighted by atomic mass is 79.9. The minimum absolute atomic E-state index is 0.0253. The van der Waals surface area contributed by atoms with Crippen LogP contribution in [0.1, 0.15) is 16.5 Å². The number of ether oxygens (including phenoxy) is 1. The van der Waals surface area contributed by atoms with Crippen LogP contribution in [0.3, 0.4) is 0 Å². The Kier molecular flexibility index (Phi) is 4.29. The molecular weight excluding hydrogens is 381 g/mol. The van der Waals surface area contributed by atoms with Gasteiger partial charge >= 0.3 is 0 Å². The second-order valence-electron chi connectivity index (χ2n) is 4.82. The molecule has 0 bridgehead atoms. The van der Waals surface area contributed by atoms with E-state index in [4.69, 9.17) is 27.9 Å². The molecule has 0 N–H and O–H groups in total. The minimum atomic E-state index is 0.0253. The molecule has 2 heterocycles. The monoisotopic (exact) mass is 391 g/mol. The van der Waals surface area contributed by atoms with Gasteiger partial charge in [0.15, 0.2) is 0 Å². The Morgan fingerprint density at radius 1 is 1.30 bits per heavy atom. The zero-order valence-corrected chi connectivity index (χ0v) is 14.6. The lowest BCUT2D eigenvalue weighted by molar-refractivity contribution is 0.132. The second kappa shape index (κ2) is 5.85. The fourth-order valence-corrected chi connectivity index (χ4v) is 4.34. The predicted molar refractivity (Wildman–Crippen MR) is 88.2 cm³/mol. The summed E-state index contributed by atoms with van der Waals surface area (Å²) in [6.45, 7) is 1.82. The molecular formula is C14H12BrCl2NOS. The second-order valence-corrected chi connectivity index (χ2v) is 8.10. The summed E-state index contributed by atoms with van der Waals surface area (Å²) in [6, 6.07) is 7.55. The number of rotatable bonds is 2. The van der Waals surface area contributed by atoms with Gasteiger partial charge in [-0.3, -0.25) is 4.90 Å². The molecule has 0 amide bonds. The Balaban J connectivity index is 1.88. The van der Waals surface area contributed by atoms with Crippen LogP contribution in [0, 0.1) is 0 Å². The maximum absolute atomic E-state index is 6.11. The standard InChI is InChI=1S/C14H12BrCl2NOS/c1-18-6-8-4-13(15)20-14(8)12(7-18)19-9-2-3-10(16)11(17)5-9/h2-5,12H,6-7H2,1H3. The van der Waals surface area contributed by atoms with Gasteiger partial charge in [-0.15, -0.1) is 11.3 Å². The first-order chi connectivity index (χ1) is 9.52. The van der Waals surface area contributed by atoms with Gasteiger partial charge in [0.1, 0.15) is 11.9 Å². The summed E-state index contributed by atoms with van der Waals surface area (Å²) in [7, 11) is 2.10. The highest BCUT2D eigenvalue weighted by molar-refractivity contribution is 9.11. The van der Waals surface area contributed by atoms with Gasteiger partial charge in [-0.2, -0.15) is 0 Å². The number of likely N-dealkylation sites (N-methyl/N-ethyl adjacent to an activating group) is 1. The smallest absolute Gasteiger partial charge is 0.146 e. The van der Waals surface area contributed by atoms with Gasteiger partial charge in [0, 0.05) is 19.2 Å². The lowest BCUT2D eigenvalue weighted by atomic mass is 10.1. The van der Waals surface area contributed by atoms with Crippen LogP contribution in [0.5, 0.6) is 5.75 Å². The Labute approximate surface area is 140 Å². The molecule has 1 atom stereocenters. The molecule has 6 heteroatoms. The van der Waals surface area contributed by atoms with E-state index in [2.05, 4.69) is 33.9 Å². The SMILES string of the molecule is CN1Cc2cc(Br)sc2C(Oc2ccc(Cl)c(Cl)c2)C1. The fourth-order valence-electron chi connectivity index (χ4n) is 2.33. The van der Waals surface area contributed by atoms with Crippen molar-refractivity contribution in [3.8, 4) is 5.75 Å². The van der Waals surface area contributed by atoms with E-state index in [1.54, 1.807) is 23.5 Å². The van der Waals surface area contributed by atoms with Crippen LogP contribution in [0.15, 0.2) is 28.1 Å². The summed E-state index contributed by atoms with van der Waals surface area (Å²) in [5.74, 6) is 0.746. The van der Waals surface area contributed by atoms with E-state index in [-0.39, 0.29) is 6.10 Å². The van der Waals surface area contributed by atoms with Gasteiger partial charge < -0.3 is 4.74 Å². The Morgan fingerprint density at radius 2 is 2.10 bits per heavy atom. The van der Waals surface area contributed by atoms with Gasteiger partial charge in [0.05, 0.1) is 18.7 Å². The molecule has 20 heavy (non-hydrogen) atoms. The van der Waals surface area contributed by atoms with Gasteiger partial charge in [-0.25, -0.2) is 0 Å². The van der Waals surface area contributed by atoms with Crippen LogP contribution in [-0.2, 0) is 6.54 Å². The molecule has 1 aliphatic rings. The van der Waals surface area contributed by atoms with E-state index >= 15 is 0 Å². The predicted octanol–water partition coefficient (Wildman–Crippen LogP) is 5.38. The number of thiophene rings is 1. The third-order valence-corrected chi connectivity index (χ3v) is 5.70. The van der Waals surface area contributed by atoms with Crippen molar-refractivity contribution in [2.45, 2.75) is 12.6 Å². The molecule has 106 valence electrons. The van der Waals surface area contributed by atoms with Crippen molar-refractivity contribution in [3.05, 3.63) is 48.5 Å². The topological polar surface area (TPSA) is 12.5 Å². The van der Waals surface area contributed by atoms with Gasteiger partial charge in [-0.1, -0.05) is 23.2 Å².